The van der Waals surface area contributed by atoms with Crippen molar-refractivity contribution in [2.45, 2.75) is 6.92 Å². The Morgan fingerprint density at radius 1 is 1.18 bits per heavy atom. The van der Waals surface area contributed by atoms with Gasteiger partial charge in [0.25, 0.3) is 0 Å². The molecule has 0 saturated heterocycles. The number of hydrogen-bond donors (Lipinski definition) is 2. The van der Waals surface area contributed by atoms with Crippen LogP contribution >= 0.6 is 31.9 Å². The van der Waals surface area contributed by atoms with Crippen LogP contribution in [0, 0.1) is 6.92 Å². The van der Waals surface area contributed by atoms with E-state index in [-0.39, 0.29) is 0 Å². The first kappa shape index (κ1) is 12.4. The number of nitrogens with two attached hydrogens (primary N) is 1. The molecule has 5 heteroatoms. The normalized spacial score (nSPS) is 10.3. The van der Waals surface area contributed by atoms with E-state index in [9.17, 15) is 0 Å². The molecule has 3 nitrogen and oxygen atoms in total. The van der Waals surface area contributed by atoms with Crippen molar-refractivity contribution in [1.82, 2.24) is 4.98 Å². The van der Waals surface area contributed by atoms with E-state index >= 15 is 0 Å². The topological polar surface area (TPSA) is 50.9 Å². The lowest BCUT2D eigenvalue weighted by Gasteiger charge is -2.10. The molecule has 1 heterocycles. The summed E-state index contributed by atoms with van der Waals surface area (Å²) in [5, 5.41) is 3.25. The van der Waals surface area contributed by atoms with Crippen molar-refractivity contribution in [3.63, 3.8) is 0 Å². The van der Waals surface area contributed by atoms with Gasteiger partial charge in [-0.25, -0.2) is 4.98 Å². The Bertz CT molecular complexity index is 555. The Balaban J connectivity index is 2.34. The first-order valence-electron chi connectivity index (χ1n) is 5.00. The number of nitrogens with zero attached hydrogens (tertiary/aromatic N) is 1. The molecule has 0 fully saturated rings. The van der Waals surface area contributed by atoms with Gasteiger partial charge >= 0.3 is 0 Å². The summed E-state index contributed by atoms with van der Waals surface area (Å²) in [5.41, 5.74) is 8.43. The molecule has 0 aliphatic heterocycles. The van der Waals surface area contributed by atoms with Crippen molar-refractivity contribution in [2.24, 2.45) is 0 Å². The first-order valence-corrected chi connectivity index (χ1v) is 6.59. The number of nitrogens with one attached hydrogen (secondary N) is 1. The lowest BCUT2D eigenvalue weighted by atomic mass is 10.2. The first-order chi connectivity index (χ1) is 8.06. The molecule has 2 rings (SSSR count). The van der Waals surface area contributed by atoms with Gasteiger partial charge in [0.1, 0.15) is 5.82 Å². The zero-order valence-corrected chi connectivity index (χ0v) is 12.3. The number of halogens is 2. The van der Waals surface area contributed by atoms with Crippen molar-refractivity contribution in [2.75, 3.05) is 11.1 Å². The second-order valence-corrected chi connectivity index (χ2v) is 5.42. The molecule has 0 aliphatic carbocycles. The van der Waals surface area contributed by atoms with E-state index in [2.05, 4.69) is 48.2 Å². The van der Waals surface area contributed by atoms with Gasteiger partial charge in [-0.3, -0.25) is 0 Å². The summed E-state index contributed by atoms with van der Waals surface area (Å²) >= 11 is 6.92. The summed E-state index contributed by atoms with van der Waals surface area (Å²) in [6.07, 6.45) is 1.62. The van der Waals surface area contributed by atoms with Crippen LogP contribution in [0.25, 0.3) is 0 Å². The molecule has 1 aromatic heterocycles. The van der Waals surface area contributed by atoms with Crippen molar-refractivity contribution >= 4 is 49.1 Å². The number of anilines is 3. The summed E-state index contributed by atoms with van der Waals surface area (Å²) in [5.74, 6) is 0.741. The summed E-state index contributed by atoms with van der Waals surface area (Å²) < 4.78 is 1.83. The maximum Gasteiger partial charge on any atom is 0.144 e. The van der Waals surface area contributed by atoms with Gasteiger partial charge in [0.15, 0.2) is 0 Å². The van der Waals surface area contributed by atoms with Crippen LogP contribution < -0.4 is 11.1 Å². The number of hydrogen-bond acceptors (Lipinski definition) is 3. The van der Waals surface area contributed by atoms with Crippen molar-refractivity contribution in [3.8, 4) is 0 Å². The number of aromatic nitrogens is 1. The predicted octanol–water partition coefficient (Wildman–Crippen LogP) is 4.24. The number of rotatable bonds is 2. The Morgan fingerprint density at radius 2 is 1.94 bits per heavy atom. The molecular weight excluding hydrogens is 346 g/mol. The van der Waals surface area contributed by atoms with Crippen LogP contribution in [0.15, 0.2) is 39.4 Å². The van der Waals surface area contributed by atoms with Gasteiger partial charge in [0.05, 0.1) is 22.0 Å². The highest BCUT2D eigenvalue weighted by Gasteiger charge is 2.05. The van der Waals surface area contributed by atoms with E-state index in [1.54, 1.807) is 6.20 Å². The van der Waals surface area contributed by atoms with Gasteiger partial charge in [-0.05, 0) is 62.5 Å². The molecule has 0 atom stereocenters. The average molecular weight is 357 g/mol. The molecule has 1 aromatic carbocycles. The van der Waals surface area contributed by atoms with Gasteiger partial charge in [-0.2, -0.15) is 0 Å². The number of aryl methyl sites for hydroxylation is 1. The minimum atomic E-state index is 0.630. The molecule has 0 saturated carbocycles. The smallest absolute Gasteiger partial charge is 0.144 e. The number of nitrogen functional groups attached to an aromatic ring is 1. The van der Waals surface area contributed by atoms with Crippen LogP contribution in [-0.4, -0.2) is 4.98 Å². The fourth-order valence-corrected chi connectivity index (χ4v) is 2.22. The number of benzene rings is 1. The largest absolute Gasteiger partial charge is 0.397 e. The van der Waals surface area contributed by atoms with E-state index in [4.69, 9.17) is 5.73 Å². The maximum absolute atomic E-state index is 5.65. The molecule has 0 spiro atoms. The summed E-state index contributed by atoms with van der Waals surface area (Å²) in [6.45, 7) is 2.04. The monoisotopic (exact) mass is 355 g/mol. The SMILES string of the molecule is Cc1ccc(Br)c(Nc2ncc(N)cc2Br)c1. The third-order valence-corrected chi connectivity index (χ3v) is 3.53. The zero-order chi connectivity index (χ0) is 12.4. The summed E-state index contributed by atoms with van der Waals surface area (Å²) in [7, 11) is 0. The Morgan fingerprint density at radius 3 is 2.65 bits per heavy atom. The minimum Gasteiger partial charge on any atom is -0.397 e. The molecule has 2 aromatic rings. The lowest BCUT2D eigenvalue weighted by Crippen LogP contribution is -1.97. The number of pyridine rings is 1. The molecule has 0 bridgehead atoms. The van der Waals surface area contributed by atoms with Crippen molar-refractivity contribution < 1.29 is 0 Å². The lowest BCUT2D eigenvalue weighted by molar-refractivity contribution is 1.29. The van der Waals surface area contributed by atoms with E-state index in [0.717, 1.165) is 20.5 Å². The third kappa shape index (κ3) is 2.98. The fraction of sp³-hybridized carbons (Fsp3) is 0.0833. The molecule has 88 valence electrons. The maximum atomic E-state index is 5.65. The summed E-state index contributed by atoms with van der Waals surface area (Å²) in [6, 6.07) is 7.91. The second-order valence-electron chi connectivity index (χ2n) is 3.71. The van der Waals surface area contributed by atoms with Crippen LogP contribution in [0.4, 0.5) is 17.2 Å². The van der Waals surface area contributed by atoms with E-state index in [1.807, 2.05) is 25.1 Å². The fourth-order valence-electron chi connectivity index (χ4n) is 1.41. The average Bonchev–Trinajstić information content (AvgIpc) is 2.27. The van der Waals surface area contributed by atoms with Crippen molar-refractivity contribution in [1.29, 1.82) is 0 Å². The highest BCUT2D eigenvalue weighted by molar-refractivity contribution is 9.11. The zero-order valence-electron chi connectivity index (χ0n) is 9.17. The standard InChI is InChI=1S/C12H11Br2N3/c1-7-2-3-9(13)11(4-7)17-12-10(14)5-8(15)6-16-12/h2-6H,15H2,1H3,(H,16,17). The minimum absolute atomic E-state index is 0.630. The van der Waals surface area contributed by atoms with Gasteiger partial charge in [0.2, 0.25) is 0 Å². The molecule has 3 N–H and O–H groups in total. The van der Waals surface area contributed by atoms with E-state index < -0.39 is 0 Å². The van der Waals surface area contributed by atoms with Crippen LogP contribution in [0.5, 0.6) is 0 Å². The molecule has 0 amide bonds. The second kappa shape index (κ2) is 5.06. The molecule has 17 heavy (non-hydrogen) atoms. The van der Waals surface area contributed by atoms with Gasteiger partial charge < -0.3 is 11.1 Å². The quantitative estimate of drug-likeness (QED) is 0.846. The molecule has 0 radical (unpaired) electrons. The van der Waals surface area contributed by atoms with E-state index in [1.165, 1.54) is 5.56 Å². The third-order valence-electron chi connectivity index (χ3n) is 2.24. The highest BCUT2D eigenvalue weighted by atomic mass is 79.9. The molecule has 0 aliphatic rings. The molecular formula is C12H11Br2N3. The van der Waals surface area contributed by atoms with Crippen LogP contribution in [0.3, 0.4) is 0 Å². The van der Waals surface area contributed by atoms with Crippen molar-refractivity contribution in [3.05, 3.63) is 45.0 Å². The molecule has 0 unspecified atom stereocenters. The van der Waals surface area contributed by atoms with E-state index in [0.29, 0.717) is 5.69 Å². The Labute approximate surface area is 117 Å². The Kier molecular flexibility index (Phi) is 3.69. The van der Waals surface area contributed by atoms with Crippen LogP contribution in [0.2, 0.25) is 0 Å². The van der Waals surface area contributed by atoms with Gasteiger partial charge in [-0.15, -0.1) is 0 Å². The predicted molar refractivity (Wildman–Crippen MR) is 78.5 cm³/mol. The van der Waals surface area contributed by atoms with Gasteiger partial charge in [-0.1, -0.05) is 6.07 Å². The van der Waals surface area contributed by atoms with Gasteiger partial charge in [0, 0.05) is 4.47 Å². The van der Waals surface area contributed by atoms with Crippen LogP contribution in [0.1, 0.15) is 5.56 Å². The van der Waals surface area contributed by atoms with Crippen LogP contribution in [-0.2, 0) is 0 Å². The Hall–Kier alpha value is -1.07. The highest BCUT2D eigenvalue weighted by Crippen LogP contribution is 2.30. The summed E-state index contributed by atoms with van der Waals surface area (Å²) in [4.78, 5) is 4.24.